The van der Waals surface area contributed by atoms with Crippen LogP contribution in [-0.4, -0.2) is 42.9 Å². The molecule has 0 aliphatic carbocycles. The van der Waals surface area contributed by atoms with Crippen molar-refractivity contribution in [1.29, 1.82) is 0 Å². The fourth-order valence-electron chi connectivity index (χ4n) is 2.48. The van der Waals surface area contributed by atoms with E-state index >= 15 is 0 Å². The van der Waals surface area contributed by atoms with Gasteiger partial charge in [0.05, 0.1) is 6.54 Å². The number of furan rings is 1. The van der Waals surface area contributed by atoms with Crippen molar-refractivity contribution in [2.75, 3.05) is 20.1 Å². The molecule has 0 saturated heterocycles. The first-order valence-electron chi connectivity index (χ1n) is 7.99. The van der Waals surface area contributed by atoms with E-state index in [2.05, 4.69) is 43.6 Å². The third kappa shape index (κ3) is 6.72. The molecule has 7 heteroatoms. The highest BCUT2D eigenvalue weighted by molar-refractivity contribution is 9.10. The van der Waals surface area contributed by atoms with Crippen LogP contribution in [0.5, 0.6) is 0 Å². The minimum absolute atomic E-state index is 0.0316. The van der Waals surface area contributed by atoms with Crippen molar-refractivity contribution in [2.45, 2.75) is 19.5 Å². The molecule has 1 atom stereocenters. The number of amides is 2. The van der Waals surface area contributed by atoms with Gasteiger partial charge in [-0.25, -0.2) is 0 Å². The number of carbonyl (C=O) groups is 2. The van der Waals surface area contributed by atoms with E-state index in [1.807, 2.05) is 32.2 Å². The van der Waals surface area contributed by atoms with Crippen LogP contribution in [0.15, 0.2) is 51.6 Å². The Morgan fingerprint density at radius 2 is 1.92 bits per heavy atom. The second-order valence-electron chi connectivity index (χ2n) is 5.94. The molecule has 6 nitrogen and oxygen atoms in total. The van der Waals surface area contributed by atoms with Crippen molar-refractivity contribution in [2.24, 2.45) is 0 Å². The van der Waals surface area contributed by atoms with E-state index < -0.39 is 5.91 Å². The van der Waals surface area contributed by atoms with E-state index in [4.69, 9.17) is 4.42 Å². The van der Waals surface area contributed by atoms with Crippen molar-refractivity contribution in [1.82, 2.24) is 15.5 Å². The largest absolute Gasteiger partial charge is 0.444 e. The molecule has 0 radical (unpaired) electrons. The van der Waals surface area contributed by atoms with E-state index in [1.165, 1.54) is 5.56 Å². The van der Waals surface area contributed by atoms with Crippen LogP contribution >= 0.6 is 15.9 Å². The number of nitrogens with one attached hydrogen (secondary N) is 2. The summed E-state index contributed by atoms with van der Waals surface area (Å²) in [5.74, 6) is -0.496. The van der Waals surface area contributed by atoms with Gasteiger partial charge in [0.15, 0.2) is 10.4 Å². The van der Waals surface area contributed by atoms with Gasteiger partial charge < -0.3 is 20.0 Å². The fraction of sp³-hybridized carbons (Fsp3) is 0.333. The minimum Gasteiger partial charge on any atom is -0.444 e. The van der Waals surface area contributed by atoms with Gasteiger partial charge in [-0.2, -0.15) is 0 Å². The lowest BCUT2D eigenvalue weighted by atomic mass is 10.2. The topological polar surface area (TPSA) is 74.6 Å². The maximum absolute atomic E-state index is 12.0. The summed E-state index contributed by atoms with van der Waals surface area (Å²) < 4.78 is 5.60. The zero-order valence-electron chi connectivity index (χ0n) is 14.3. The molecule has 0 aliphatic rings. The van der Waals surface area contributed by atoms with Crippen LogP contribution in [0.25, 0.3) is 0 Å². The minimum atomic E-state index is -0.422. The predicted molar refractivity (Wildman–Crippen MR) is 99.1 cm³/mol. The van der Waals surface area contributed by atoms with Gasteiger partial charge in [-0.15, -0.1) is 0 Å². The van der Waals surface area contributed by atoms with Gasteiger partial charge in [-0.3, -0.25) is 9.59 Å². The lowest BCUT2D eigenvalue weighted by molar-refractivity contribution is -0.120. The van der Waals surface area contributed by atoms with Gasteiger partial charge in [0.25, 0.3) is 5.91 Å². The highest BCUT2D eigenvalue weighted by Gasteiger charge is 2.14. The molecule has 2 N–H and O–H groups in total. The van der Waals surface area contributed by atoms with Gasteiger partial charge in [0.1, 0.15) is 0 Å². The Morgan fingerprint density at radius 3 is 2.56 bits per heavy atom. The molecule has 0 fully saturated rings. The lowest BCUT2D eigenvalue weighted by Gasteiger charge is -2.22. The summed E-state index contributed by atoms with van der Waals surface area (Å²) in [4.78, 5) is 25.9. The second kappa shape index (κ2) is 9.39. The summed E-state index contributed by atoms with van der Waals surface area (Å²) in [6, 6.07) is 13.3. The molecular weight excluding hydrogens is 386 g/mol. The number of nitrogens with zero attached hydrogens (tertiary/aromatic N) is 1. The van der Waals surface area contributed by atoms with Gasteiger partial charge in [-0.05, 0) is 47.6 Å². The smallest absolute Gasteiger partial charge is 0.287 e. The van der Waals surface area contributed by atoms with Crippen LogP contribution < -0.4 is 10.6 Å². The van der Waals surface area contributed by atoms with Gasteiger partial charge in [-0.1, -0.05) is 30.3 Å². The zero-order valence-corrected chi connectivity index (χ0v) is 15.9. The number of benzene rings is 1. The summed E-state index contributed by atoms with van der Waals surface area (Å²) in [6.45, 7) is 3.36. The van der Waals surface area contributed by atoms with E-state index in [0.717, 1.165) is 6.54 Å². The molecule has 134 valence electrons. The van der Waals surface area contributed by atoms with Crippen LogP contribution in [0.2, 0.25) is 0 Å². The molecule has 2 amide bonds. The van der Waals surface area contributed by atoms with Crippen LogP contribution in [0.1, 0.15) is 23.0 Å². The van der Waals surface area contributed by atoms with Gasteiger partial charge in [0, 0.05) is 19.1 Å². The van der Waals surface area contributed by atoms with Crippen LogP contribution in [-0.2, 0) is 11.3 Å². The van der Waals surface area contributed by atoms with Crippen molar-refractivity contribution < 1.29 is 14.0 Å². The third-order valence-electron chi connectivity index (χ3n) is 3.49. The second-order valence-corrected chi connectivity index (χ2v) is 6.72. The Bertz CT molecular complexity index is 703. The Labute approximate surface area is 155 Å². The molecule has 0 saturated carbocycles. The first-order valence-corrected chi connectivity index (χ1v) is 8.78. The number of hydrogen-bond acceptors (Lipinski definition) is 4. The molecule has 1 heterocycles. The highest BCUT2D eigenvalue weighted by atomic mass is 79.9. The Hall–Kier alpha value is -2.12. The van der Waals surface area contributed by atoms with Gasteiger partial charge >= 0.3 is 0 Å². The molecular formula is C18H22BrN3O3. The molecule has 0 bridgehead atoms. The first-order chi connectivity index (χ1) is 11.9. The van der Waals surface area contributed by atoms with E-state index in [-0.39, 0.29) is 24.3 Å². The molecule has 0 spiro atoms. The van der Waals surface area contributed by atoms with Crippen molar-refractivity contribution in [3.05, 3.63) is 58.5 Å². The maximum atomic E-state index is 12.0. The highest BCUT2D eigenvalue weighted by Crippen LogP contribution is 2.13. The lowest BCUT2D eigenvalue weighted by Crippen LogP contribution is -2.44. The number of halogens is 1. The quantitative estimate of drug-likeness (QED) is 0.704. The first kappa shape index (κ1) is 19.2. The van der Waals surface area contributed by atoms with E-state index in [0.29, 0.717) is 11.2 Å². The third-order valence-corrected chi connectivity index (χ3v) is 3.92. The molecule has 1 aromatic heterocycles. The van der Waals surface area contributed by atoms with Crippen LogP contribution in [0, 0.1) is 0 Å². The number of hydrogen-bond donors (Lipinski definition) is 2. The molecule has 2 rings (SSSR count). The Kier molecular flexibility index (Phi) is 7.21. The maximum Gasteiger partial charge on any atom is 0.287 e. The average Bonchev–Trinajstić information content (AvgIpc) is 2.99. The number of carbonyl (C=O) groups excluding carboxylic acids is 2. The Morgan fingerprint density at radius 1 is 1.20 bits per heavy atom. The molecule has 0 unspecified atom stereocenters. The van der Waals surface area contributed by atoms with E-state index in [9.17, 15) is 9.59 Å². The van der Waals surface area contributed by atoms with Gasteiger partial charge in [0.2, 0.25) is 5.91 Å². The standard InChI is InChI=1S/C18H22BrN3O3/c1-13(11-22(2)12-14-6-4-3-5-7-14)21-17(23)10-20-18(24)15-8-9-16(19)25-15/h3-9,13H,10-12H2,1-2H3,(H,20,24)(H,21,23)/t13-/m1/s1. The van der Waals surface area contributed by atoms with E-state index in [1.54, 1.807) is 12.1 Å². The zero-order chi connectivity index (χ0) is 18.2. The molecule has 1 aromatic carbocycles. The van der Waals surface area contributed by atoms with Crippen LogP contribution in [0.3, 0.4) is 0 Å². The monoisotopic (exact) mass is 407 g/mol. The van der Waals surface area contributed by atoms with Crippen molar-refractivity contribution in [3.63, 3.8) is 0 Å². The number of likely N-dealkylation sites (N-methyl/N-ethyl adjacent to an activating group) is 1. The average molecular weight is 408 g/mol. The molecule has 25 heavy (non-hydrogen) atoms. The van der Waals surface area contributed by atoms with Crippen molar-refractivity contribution >= 4 is 27.7 Å². The summed E-state index contributed by atoms with van der Waals surface area (Å²) >= 11 is 3.13. The van der Waals surface area contributed by atoms with Crippen LogP contribution in [0.4, 0.5) is 0 Å². The molecule has 0 aliphatic heterocycles. The SMILES string of the molecule is C[C@H](CN(C)Cc1ccccc1)NC(=O)CNC(=O)c1ccc(Br)o1. The summed E-state index contributed by atoms with van der Waals surface area (Å²) in [7, 11) is 2.01. The normalized spacial score (nSPS) is 12.0. The Balaban J connectivity index is 1.69. The summed E-state index contributed by atoms with van der Waals surface area (Å²) in [5.41, 5.74) is 1.22. The number of rotatable bonds is 8. The predicted octanol–water partition coefficient (Wildman–Crippen LogP) is 2.41. The fourth-order valence-corrected chi connectivity index (χ4v) is 2.79. The van der Waals surface area contributed by atoms with Crippen molar-refractivity contribution in [3.8, 4) is 0 Å². The summed E-state index contributed by atoms with van der Waals surface area (Å²) in [5, 5.41) is 5.40. The summed E-state index contributed by atoms with van der Waals surface area (Å²) in [6.07, 6.45) is 0. The molecule has 2 aromatic rings.